The van der Waals surface area contributed by atoms with Gasteiger partial charge in [0.15, 0.2) is 0 Å². The van der Waals surface area contributed by atoms with E-state index in [9.17, 15) is 9.90 Å². The fraction of sp³-hybridized carbons (Fsp3) is 0.632. The van der Waals surface area contributed by atoms with Crippen molar-refractivity contribution in [2.75, 3.05) is 13.2 Å². The third-order valence-corrected chi connectivity index (χ3v) is 7.81. The van der Waals surface area contributed by atoms with E-state index in [2.05, 4.69) is 47.0 Å². The highest BCUT2D eigenvalue weighted by atomic mass is 79.9. The van der Waals surface area contributed by atoms with Gasteiger partial charge in [-0.15, -0.1) is 16.4 Å². The summed E-state index contributed by atoms with van der Waals surface area (Å²) in [5.41, 5.74) is 2.96. The van der Waals surface area contributed by atoms with Crippen molar-refractivity contribution in [1.82, 2.24) is 19.9 Å². The number of rotatable bonds is 1. The van der Waals surface area contributed by atoms with E-state index in [-0.39, 0.29) is 11.5 Å². The minimum absolute atomic E-state index is 0.0352. The number of carbonyl (C=O) groups is 1. The zero-order valence-electron chi connectivity index (χ0n) is 16.5. The highest BCUT2D eigenvalue weighted by Gasteiger charge is 2.49. The van der Waals surface area contributed by atoms with Crippen LogP contribution < -0.4 is 0 Å². The fourth-order valence-electron chi connectivity index (χ4n) is 4.53. The molecule has 1 saturated heterocycles. The number of amides is 1. The van der Waals surface area contributed by atoms with Crippen LogP contribution >= 0.6 is 27.3 Å². The standard InChI is InChI=1S/C19H25BrN4O3S/c1-18(2,3)14-11-5-8-27-19(15(11)28-16(14)20)6-7-24(17(25)26)13(9-19)12-10-23(4)22-21-12/h10,13H,5-9H2,1-4H3,(H,25,26)/t13-,19?/m0/s1. The molecule has 2 aromatic rings. The predicted octanol–water partition coefficient (Wildman–Crippen LogP) is 4.22. The molecule has 1 unspecified atom stereocenters. The summed E-state index contributed by atoms with van der Waals surface area (Å²) < 4.78 is 9.19. The molecule has 28 heavy (non-hydrogen) atoms. The first-order valence-electron chi connectivity index (χ1n) is 9.44. The molecule has 1 N–H and O–H groups in total. The van der Waals surface area contributed by atoms with Crippen molar-refractivity contribution in [2.24, 2.45) is 7.05 Å². The van der Waals surface area contributed by atoms with E-state index in [4.69, 9.17) is 4.74 Å². The zero-order chi connectivity index (χ0) is 20.3. The summed E-state index contributed by atoms with van der Waals surface area (Å²) in [6.45, 7) is 7.77. The summed E-state index contributed by atoms with van der Waals surface area (Å²) in [6, 6.07) is -0.370. The Bertz CT molecular complexity index is 919. The van der Waals surface area contributed by atoms with Crippen molar-refractivity contribution in [3.8, 4) is 0 Å². The number of ether oxygens (including phenoxy) is 1. The first-order valence-corrected chi connectivity index (χ1v) is 11.1. The first-order chi connectivity index (χ1) is 13.1. The summed E-state index contributed by atoms with van der Waals surface area (Å²) >= 11 is 5.54. The van der Waals surface area contributed by atoms with Crippen LogP contribution in [0.25, 0.3) is 0 Å². The van der Waals surface area contributed by atoms with Crippen LogP contribution in [-0.4, -0.2) is 44.2 Å². The van der Waals surface area contributed by atoms with Crippen LogP contribution in [0.5, 0.6) is 0 Å². The molecular formula is C19H25BrN4O3S. The topological polar surface area (TPSA) is 80.5 Å². The SMILES string of the molecule is Cn1cc([C@@H]2CC3(CCN2C(=O)O)OCCc2c3sc(Br)c2C(C)(C)C)nn1. The van der Waals surface area contributed by atoms with E-state index >= 15 is 0 Å². The van der Waals surface area contributed by atoms with E-state index in [1.807, 2.05) is 0 Å². The van der Waals surface area contributed by atoms with Gasteiger partial charge in [0.25, 0.3) is 0 Å². The third-order valence-electron chi connectivity index (χ3n) is 5.72. The lowest BCUT2D eigenvalue weighted by Crippen LogP contribution is -2.49. The van der Waals surface area contributed by atoms with Crippen LogP contribution in [0.3, 0.4) is 0 Å². The Morgan fingerprint density at radius 3 is 2.82 bits per heavy atom. The summed E-state index contributed by atoms with van der Waals surface area (Å²) in [5, 5.41) is 18.0. The summed E-state index contributed by atoms with van der Waals surface area (Å²) in [6.07, 6.45) is 2.98. The maximum absolute atomic E-state index is 11.9. The number of nitrogens with zero attached hydrogens (tertiary/aromatic N) is 4. The minimum atomic E-state index is -0.927. The molecule has 0 aliphatic carbocycles. The second-order valence-corrected chi connectivity index (χ2v) is 11.0. The minimum Gasteiger partial charge on any atom is -0.465 e. The monoisotopic (exact) mass is 468 g/mol. The average Bonchev–Trinajstić information content (AvgIpc) is 3.18. The van der Waals surface area contributed by atoms with E-state index in [0.717, 1.165) is 10.2 Å². The molecule has 1 amide bonds. The molecule has 4 heterocycles. The Morgan fingerprint density at radius 2 is 2.21 bits per heavy atom. The summed E-state index contributed by atoms with van der Waals surface area (Å²) in [5.74, 6) is 0. The van der Waals surface area contributed by atoms with Gasteiger partial charge in [-0.25, -0.2) is 4.79 Å². The number of hydrogen-bond acceptors (Lipinski definition) is 5. The molecule has 9 heteroatoms. The number of hydrogen-bond donors (Lipinski definition) is 1. The molecule has 2 aliphatic heterocycles. The van der Waals surface area contributed by atoms with Crippen LogP contribution in [0.2, 0.25) is 0 Å². The highest BCUT2D eigenvalue weighted by molar-refractivity contribution is 9.11. The van der Waals surface area contributed by atoms with Gasteiger partial charge in [0.05, 0.1) is 22.6 Å². The van der Waals surface area contributed by atoms with Gasteiger partial charge < -0.3 is 9.84 Å². The Hall–Kier alpha value is -1.45. The zero-order valence-corrected chi connectivity index (χ0v) is 18.9. The number of likely N-dealkylation sites (tertiary alicyclic amines) is 1. The molecule has 2 aromatic heterocycles. The molecule has 2 atom stereocenters. The Morgan fingerprint density at radius 1 is 1.46 bits per heavy atom. The maximum Gasteiger partial charge on any atom is 0.407 e. The molecule has 1 fully saturated rings. The van der Waals surface area contributed by atoms with Crippen molar-refractivity contribution in [1.29, 1.82) is 0 Å². The van der Waals surface area contributed by atoms with Crippen molar-refractivity contribution >= 4 is 33.4 Å². The van der Waals surface area contributed by atoms with E-state index < -0.39 is 11.7 Å². The van der Waals surface area contributed by atoms with Gasteiger partial charge in [-0.1, -0.05) is 26.0 Å². The Labute approximate surface area is 176 Å². The van der Waals surface area contributed by atoms with Gasteiger partial charge in [0.2, 0.25) is 0 Å². The smallest absolute Gasteiger partial charge is 0.407 e. The first kappa shape index (κ1) is 19.8. The van der Waals surface area contributed by atoms with Gasteiger partial charge in [0, 0.05) is 24.9 Å². The highest BCUT2D eigenvalue weighted by Crippen LogP contribution is 2.54. The van der Waals surface area contributed by atoms with Crippen LogP contribution in [-0.2, 0) is 29.2 Å². The van der Waals surface area contributed by atoms with Gasteiger partial charge in [-0.3, -0.25) is 9.58 Å². The van der Waals surface area contributed by atoms with Crippen molar-refractivity contribution < 1.29 is 14.6 Å². The van der Waals surface area contributed by atoms with Gasteiger partial charge in [-0.2, -0.15) is 0 Å². The molecule has 0 aromatic carbocycles. The lowest BCUT2D eigenvalue weighted by molar-refractivity contribution is -0.108. The van der Waals surface area contributed by atoms with Crippen LogP contribution in [0.4, 0.5) is 4.79 Å². The molecule has 4 rings (SSSR count). The molecule has 152 valence electrons. The molecule has 7 nitrogen and oxygen atoms in total. The average molecular weight is 469 g/mol. The fourth-order valence-corrected chi connectivity index (χ4v) is 7.32. The number of halogens is 1. The van der Waals surface area contributed by atoms with Crippen molar-refractivity contribution in [2.45, 2.75) is 57.1 Å². The lowest BCUT2D eigenvalue weighted by Gasteiger charge is -2.46. The van der Waals surface area contributed by atoms with E-state index in [1.165, 1.54) is 20.9 Å². The quantitative estimate of drug-likeness (QED) is 0.677. The second-order valence-electron chi connectivity index (χ2n) is 8.66. The van der Waals surface area contributed by atoms with Crippen molar-refractivity contribution in [3.63, 3.8) is 0 Å². The second kappa shape index (κ2) is 6.81. The number of fused-ring (bicyclic) bond motifs is 2. The number of thiophene rings is 1. The molecular weight excluding hydrogens is 444 g/mol. The van der Waals surface area contributed by atoms with Gasteiger partial charge >= 0.3 is 6.09 Å². The van der Waals surface area contributed by atoms with Gasteiger partial charge in [-0.05, 0) is 45.3 Å². The largest absolute Gasteiger partial charge is 0.465 e. The van der Waals surface area contributed by atoms with Crippen LogP contribution in [0.1, 0.15) is 61.4 Å². The summed E-state index contributed by atoms with van der Waals surface area (Å²) in [4.78, 5) is 14.6. The number of aryl methyl sites for hydroxylation is 1. The lowest BCUT2D eigenvalue weighted by atomic mass is 9.77. The molecule has 2 aliphatic rings. The third kappa shape index (κ3) is 3.17. The van der Waals surface area contributed by atoms with E-state index in [1.54, 1.807) is 29.3 Å². The predicted molar refractivity (Wildman–Crippen MR) is 110 cm³/mol. The van der Waals surface area contributed by atoms with Crippen LogP contribution in [0, 0.1) is 0 Å². The van der Waals surface area contributed by atoms with Crippen molar-refractivity contribution in [3.05, 3.63) is 31.7 Å². The van der Waals surface area contributed by atoms with Gasteiger partial charge in [0.1, 0.15) is 11.3 Å². The number of aromatic nitrogens is 3. The maximum atomic E-state index is 11.9. The Kier molecular flexibility index (Phi) is 4.83. The van der Waals surface area contributed by atoms with Crippen LogP contribution in [0.15, 0.2) is 9.98 Å². The normalized spacial score (nSPS) is 25.2. The molecule has 0 saturated carbocycles. The molecule has 1 spiro atoms. The molecule has 0 bridgehead atoms. The van der Waals surface area contributed by atoms with E-state index in [0.29, 0.717) is 31.7 Å². The number of piperidine rings is 1. The number of carboxylic acid groups (broad SMARTS) is 1. The Balaban J connectivity index is 1.79. The molecule has 0 radical (unpaired) electrons. The summed E-state index contributed by atoms with van der Waals surface area (Å²) in [7, 11) is 1.79.